The van der Waals surface area contributed by atoms with Crippen LogP contribution in [0, 0.1) is 12.8 Å². The summed E-state index contributed by atoms with van der Waals surface area (Å²) in [5, 5.41) is 6.60. The predicted octanol–water partition coefficient (Wildman–Crippen LogP) is 4.38. The first-order valence-corrected chi connectivity index (χ1v) is 9.48. The van der Waals surface area contributed by atoms with Crippen molar-refractivity contribution in [1.29, 1.82) is 0 Å². The third kappa shape index (κ3) is 3.76. The van der Waals surface area contributed by atoms with Gasteiger partial charge in [0.05, 0.1) is 15.6 Å². The molecule has 1 aromatic heterocycles. The largest absolute Gasteiger partial charge is 0.320 e. The fourth-order valence-electron chi connectivity index (χ4n) is 2.27. The van der Waals surface area contributed by atoms with Gasteiger partial charge in [0.25, 0.3) is 5.91 Å². The summed E-state index contributed by atoms with van der Waals surface area (Å²) in [7, 11) is 0. The third-order valence-electron chi connectivity index (χ3n) is 3.67. The summed E-state index contributed by atoms with van der Waals surface area (Å²) >= 11 is 2.92. The van der Waals surface area contributed by atoms with Crippen LogP contribution in [0.3, 0.4) is 0 Å². The van der Waals surface area contributed by atoms with Crippen molar-refractivity contribution < 1.29 is 9.59 Å². The van der Waals surface area contributed by atoms with E-state index >= 15 is 0 Å². The van der Waals surface area contributed by atoms with E-state index in [2.05, 4.69) is 10.6 Å². The average molecular weight is 346 g/mol. The molecule has 0 atom stereocenters. The summed E-state index contributed by atoms with van der Waals surface area (Å²) in [4.78, 5) is 26.0. The Bertz CT molecular complexity index is 751. The first kappa shape index (κ1) is 16.1. The molecule has 6 heteroatoms. The second kappa shape index (κ2) is 6.76. The minimum atomic E-state index is -0.138. The lowest BCUT2D eigenvalue weighted by atomic mass is 10.2. The van der Waals surface area contributed by atoms with Crippen LogP contribution in [0.2, 0.25) is 0 Å². The molecule has 23 heavy (non-hydrogen) atoms. The topological polar surface area (TPSA) is 58.2 Å². The molecule has 2 aromatic rings. The smallest absolute Gasteiger partial charge is 0.266 e. The number of rotatable bonds is 5. The van der Waals surface area contributed by atoms with E-state index in [1.165, 1.54) is 11.3 Å². The van der Waals surface area contributed by atoms with Gasteiger partial charge < -0.3 is 10.6 Å². The van der Waals surface area contributed by atoms with Gasteiger partial charge in [0.2, 0.25) is 5.91 Å². The Kier molecular flexibility index (Phi) is 4.73. The quantitative estimate of drug-likeness (QED) is 0.790. The number of anilines is 2. The van der Waals surface area contributed by atoms with E-state index in [1.54, 1.807) is 11.8 Å². The van der Waals surface area contributed by atoms with Crippen LogP contribution < -0.4 is 10.6 Å². The van der Waals surface area contributed by atoms with Gasteiger partial charge in [0, 0.05) is 10.8 Å². The van der Waals surface area contributed by atoms with Gasteiger partial charge in [-0.2, -0.15) is 0 Å². The maximum atomic E-state index is 12.5. The average Bonchev–Trinajstić information content (AvgIpc) is 3.32. The molecule has 0 radical (unpaired) electrons. The number of aryl methyl sites for hydroxylation is 1. The van der Waals surface area contributed by atoms with Gasteiger partial charge in [-0.1, -0.05) is 12.1 Å². The van der Waals surface area contributed by atoms with Crippen LogP contribution in [-0.2, 0) is 4.79 Å². The Hall–Kier alpha value is -1.79. The molecular formula is C17H18N2O2S2. The molecular weight excluding hydrogens is 328 g/mol. The zero-order valence-electron chi connectivity index (χ0n) is 13.0. The summed E-state index contributed by atoms with van der Waals surface area (Å²) < 4.78 is 0. The van der Waals surface area contributed by atoms with E-state index in [-0.39, 0.29) is 17.7 Å². The van der Waals surface area contributed by atoms with E-state index in [0.29, 0.717) is 4.88 Å². The normalized spacial score (nSPS) is 13.7. The van der Waals surface area contributed by atoms with E-state index < -0.39 is 0 Å². The molecule has 0 unspecified atom stereocenters. The summed E-state index contributed by atoms with van der Waals surface area (Å²) in [5.41, 5.74) is 1.68. The van der Waals surface area contributed by atoms with Crippen LogP contribution in [0.1, 0.15) is 28.1 Å². The molecule has 0 bridgehead atoms. The van der Waals surface area contributed by atoms with Crippen molar-refractivity contribution in [2.45, 2.75) is 24.7 Å². The number of carbonyl (C=O) groups is 2. The minimum Gasteiger partial charge on any atom is -0.320 e. The SMILES string of the molecule is CSc1ccccc1NC(=O)c1sc(NC(=O)C2CC2)cc1C. The van der Waals surface area contributed by atoms with Crippen LogP contribution in [0.5, 0.6) is 0 Å². The van der Waals surface area contributed by atoms with Crippen molar-refractivity contribution >= 4 is 45.6 Å². The standard InChI is InChI=1S/C17H18N2O2S2/c1-10-9-14(19-16(20)11-7-8-11)23-15(10)17(21)18-12-5-3-4-6-13(12)22-2/h3-6,9,11H,7-8H2,1-2H3,(H,18,21)(H,19,20). The highest BCUT2D eigenvalue weighted by atomic mass is 32.2. The Labute approximate surface area is 143 Å². The van der Waals surface area contributed by atoms with E-state index in [1.807, 2.05) is 43.5 Å². The number of thiophene rings is 1. The molecule has 2 amide bonds. The van der Waals surface area contributed by atoms with Crippen LogP contribution in [0.4, 0.5) is 10.7 Å². The summed E-state index contributed by atoms with van der Waals surface area (Å²) in [6.45, 7) is 1.89. The lowest BCUT2D eigenvalue weighted by Crippen LogP contribution is -2.12. The molecule has 120 valence electrons. The van der Waals surface area contributed by atoms with Gasteiger partial charge in [0.15, 0.2) is 0 Å². The molecule has 1 aromatic carbocycles. The Morgan fingerprint density at radius 3 is 2.65 bits per heavy atom. The van der Waals surface area contributed by atoms with Gasteiger partial charge >= 0.3 is 0 Å². The highest BCUT2D eigenvalue weighted by Gasteiger charge is 2.30. The molecule has 1 aliphatic rings. The molecule has 0 aliphatic heterocycles. The molecule has 0 spiro atoms. The van der Waals surface area contributed by atoms with Crippen molar-refractivity contribution in [2.24, 2.45) is 5.92 Å². The molecule has 2 N–H and O–H groups in total. The summed E-state index contributed by atoms with van der Waals surface area (Å²) in [5.74, 6) is 0.0787. The fraction of sp³-hybridized carbons (Fsp3) is 0.294. The van der Waals surface area contributed by atoms with Crippen molar-refractivity contribution in [1.82, 2.24) is 0 Å². The summed E-state index contributed by atoms with van der Waals surface area (Å²) in [6, 6.07) is 9.58. The Morgan fingerprint density at radius 1 is 1.22 bits per heavy atom. The molecule has 1 fully saturated rings. The van der Waals surface area contributed by atoms with Crippen LogP contribution in [0.15, 0.2) is 35.2 Å². The lowest BCUT2D eigenvalue weighted by molar-refractivity contribution is -0.117. The van der Waals surface area contributed by atoms with Crippen molar-refractivity contribution in [2.75, 3.05) is 16.9 Å². The number of hydrogen-bond acceptors (Lipinski definition) is 4. The Morgan fingerprint density at radius 2 is 1.96 bits per heavy atom. The van der Waals surface area contributed by atoms with E-state index in [9.17, 15) is 9.59 Å². The maximum absolute atomic E-state index is 12.5. The number of nitrogens with one attached hydrogen (secondary N) is 2. The highest BCUT2D eigenvalue weighted by Crippen LogP contribution is 2.33. The predicted molar refractivity (Wildman–Crippen MR) is 96.6 cm³/mol. The molecule has 4 nitrogen and oxygen atoms in total. The Balaban J connectivity index is 1.74. The zero-order chi connectivity index (χ0) is 16.4. The molecule has 0 saturated heterocycles. The van der Waals surface area contributed by atoms with Gasteiger partial charge in [-0.3, -0.25) is 9.59 Å². The number of carbonyl (C=O) groups excluding carboxylic acids is 2. The minimum absolute atomic E-state index is 0.0611. The number of thioether (sulfide) groups is 1. The monoisotopic (exact) mass is 346 g/mol. The van der Waals surface area contributed by atoms with Gasteiger partial charge in [-0.25, -0.2) is 0 Å². The molecule has 3 rings (SSSR count). The third-order valence-corrected chi connectivity index (χ3v) is 5.62. The fourth-order valence-corrected chi connectivity index (χ4v) is 3.79. The van der Waals surface area contributed by atoms with Gasteiger partial charge in [-0.05, 0) is 49.8 Å². The van der Waals surface area contributed by atoms with E-state index in [0.717, 1.165) is 34.0 Å². The second-order valence-corrected chi connectivity index (χ2v) is 7.44. The maximum Gasteiger partial charge on any atom is 0.266 e. The van der Waals surface area contributed by atoms with Crippen LogP contribution in [0.25, 0.3) is 0 Å². The van der Waals surface area contributed by atoms with Crippen LogP contribution in [-0.4, -0.2) is 18.1 Å². The number of benzene rings is 1. The number of hydrogen-bond donors (Lipinski definition) is 2. The molecule has 1 saturated carbocycles. The number of para-hydroxylation sites is 1. The molecule has 1 aliphatic carbocycles. The van der Waals surface area contributed by atoms with E-state index in [4.69, 9.17) is 0 Å². The molecule has 1 heterocycles. The van der Waals surface area contributed by atoms with Crippen LogP contribution >= 0.6 is 23.1 Å². The zero-order valence-corrected chi connectivity index (χ0v) is 14.6. The number of amides is 2. The van der Waals surface area contributed by atoms with Gasteiger partial charge in [-0.15, -0.1) is 23.1 Å². The van der Waals surface area contributed by atoms with Crippen molar-refractivity contribution in [3.8, 4) is 0 Å². The van der Waals surface area contributed by atoms with Crippen molar-refractivity contribution in [3.63, 3.8) is 0 Å². The van der Waals surface area contributed by atoms with Gasteiger partial charge in [0.1, 0.15) is 0 Å². The second-order valence-electron chi connectivity index (χ2n) is 5.54. The first-order chi connectivity index (χ1) is 11.1. The first-order valence-electron chi connectivity index (χ1n) is 7.44. The lowest BCUT2D eigenvalue weighted by Gasteiger charge is -2.08. The summed E-state index contributed by atoms with van der Waals surface area (Å²) in [6.07, 6.45) is 3.91. The highest BCUT2D eigenvalue weighted by molar-refractivity contribution is 7.98. The van der Waals surface area contributed by atoms with Crippen molar-refractivity contribution in [3.05, 3.63) is 40.8 Å².